The Morgan fingerprint density at radius 3 is 2.30 bits per heavy atom. The maximum Gasteiger partial charge on any atom is 0.254 e. The Morgan fingerprint density at radius 2 is 1.70 bits per heavy atom. The lowest BCUT2D eigenvalue weighted by molar-refractivity contribution is -0.121. The molecule has 1 aliphatic heterocycles. The van der Waals surface area contributed by atoms with Gasteiger partial charge in [-0.1, -0.05) is 0 Å². The van der Waals surface area contributed by atoms with Gasteiger partial charge in [-0.3, -0.25) is 19.7 Å². The monoisotopic (exact) mass is 449 g/mol. The van der Waals surface area contributed by atoms with Crippen LogP contribution in [0.25, 0.3) is 11.3 Å². The van der Waals surface area contributed by atoms with Gasteiger partial charge in [0.1, 0.15) is 11.5 Å². The molecule has 172 valence electrons. The third-order valence-corrected chi connectivity index (χ3v) is 5.97. The number of methoxy groups -OCH3 is 2. The minimum absolute atomic E-state index is 0.0824. The predicted molar refractivity (Wildman–Crippen MR) is 123 cm³/mol. The van der Waals surface area contributed by atoms with Gasteiger partial charge in [0.15, 0.2) is 5.82 Å². The first-order valence-electron chi connectivity index (χ1n) is 10.8. The highest BCUT2D eigenvalue weighted by Crippen LogP contribution is 2.28. The smallest absolute Gasteiger partial charge is 0.254 e. The van der Waals surface area contributed by atoms with Crippen molar-refractivity contribution in [3.05, 3.63) is 53.9 Å². The molecule has 3 heterocycles. The number of nitrogens with zero attached hydrogens (tertiary/aromatic N) is 3. The maximum absolute atomic E-state index is 13.0. The summed E-state index contributed by atoms with van der Waals surface area (Å²) in [5.74, 6) is 1.28. The van der Waals surface area contributed by atoms with E-state index in [1.165, 1.54) is 0 Å². The van der Waals surface area contributed by atoms with Crippen molar-refractivity contribution in [2.45, 2.75) is 19.8 Å². The number of ether oxygens (including phenoxy) is 2. The Bertz CT molecular complexity index is 1110. The van der Waals surface area contributed by atoms with Crippen molar-refractivity contribution >= 4 is 17.6 Å². The van der Waals surface area contributed by atoms with E-state index < -0.39 is 0 Å². The van der Waals surface area contributed by atoms with Crippen molar-refractivity contribution < 1.29 is 19.1 Å². The van der Waals surface area contributed by atoms with Crippen molar-refractivity contribution in [2.24, 2.45) is 5.92 Å². The van der Waals surface area contributed by atoms with Crippen LogP contribution in [0.1, 0.15) is 28.8 Å². The first-order chi connectivity index (χ1) is 16.0. The number of hydrogen-bond acceptors (Lipinski definition) is 6. The summed E-state index contributed by atoms with van der Waals surface area (Å²) in [5, 5.41) is 10.2. The van der Waals surface area contributed by atoms with Crippen molar-refractivity contribution in [3.63, 3.8) is 0 Å². The van der Waals surface area contributed by atoms with Crippen LogP contribution in [0.4, 0.5) is 5.82 Å². The highest BCUT2D eigenvalue weighted by atomic mass is 16.5. The van der Waals surface area contributed by atoms with Crippen molar-refractivity contribution in [1.29, 1.82) is 0 Å². The predicted octanol–water partition coefficient (Wildman–Crippen LogP) is 3.29. The third kappa shape index (κ3) is 4.82. The molecule has 0 unspecified atom stereocenters. The van der Waals surface area contributed by atoms with Gasteiger partial charge < -0.3 is 19.7 Å². The molecule has 9 heteroatoms. The second-order valence-electron chi connectivity index (χ2n) is 7.97. The van der Waals surface area contributed by atoms with Crippen LogP contribution in [0.2, 0.25) is 0 Å². The number of rotatable bonds is 6. The van der Waals surface area contributed by atoms with E-state index in [4.69, 9.17) is 9.47 Å². The summed E-state index contributed by atoms with van der Waals surface area (Å²) in [7, 11) is 3.10. The van der Waals surface area contributed by atoms with Gasteiger partial charge in [0.05, 0.1) is 19.9 Å². The van der Waals surface area contributed by atoms with E-state index in [1.807, 2.05) is 19.1 Å². The summed E-state index contributed by atoms with van der Waals surface area (Å²) in [5.41, 5.74) is 3.18. The number of pyridine rings is 1. The number of hydrogen-bond donors (Lipinski definition) is 2. The fourth-order valence-electron chi connectivity index (χ4n) is 4.00. The van der Waals surface area contributed by atoms with Crippen LogP contribution in [0.15, 0.2) is 42.7 Å². The molecular formula is C24H27N5O4. The lowest BCUT2D eigenvalue weighted by atomic mass is 9.95. The fraction of sp³-hybridized carbons (Fsp3) is 0.333. The zero-order valence-corrected chi connectivity index (χ0v) is 18.9. The molecule has 0 aliphatic carbocycles. The minimum atomic E-state index is -0.186. The number of amides is 2. The number of likely N-dealkylation sites (tertiary alicyclic amines) is 1. The highest BCUT2D eigenvalue weighted by molar-refractivity contribution is 5.96. The van der Waals surface area contributed by atoms with E-state index in [0.717, 1.165) is 16.8 Å². The molecule has 33 heavy (non-hydrogen) atoms. The van der Waals surface area contributed by atoms with Crippen LogP contribution in [-0.4, -0.2) is 59.2 Å². The molecule has 4 rings (SSSR count). The first kappa shape index (κ1) is 22.3. The second-order valence-corrected chi connectivity index (χ2v) is 7.97. The molecule has 2 N–H and O–H groups in total. The lowest BCUT2D eigenvalue weighted by Gasteiger charge is -2.31. The van der Waals surface area contributed by atoms with E-state index in [1.54, 1.807) is 49.7 Å². The molecule has 1 aliphatic rings. The number of anilines is 1. The molecule has 0 saturated carbocycles. The van der Waals surface area contributed by atoms with E-state index in [9.17, 15) is 9.59 Å². The Kier molecular flexibility index (Phi) is 6.58. The van der Waals surface area contributed by atoms with Gasteiger partial charge in [0.25, 0.3) is 5.91 Å². The SMILES string of the molecule is COc1cc(OC)cc(C(=O)N2CCC(C(=O)Nc3n[nH]c(-c4ccncc4)c3C)CC2)c1. The standard InChI is InChI=1S/C24H27N5O4/c1-15-21(16-4-8-25-9-5-16)27-28-22(15)26-23(30)17-6-10-29(11-7-17)24(31)18-12-19(32-2)14-20(13-18)33-3/h4-5,8-9,12-14,17H,6-7,10-11H2,1-3H3,(H2,26,27,28,30). The number of H-pyrrole nitrogens is 1. The summed E-state index contributed by atoms with van der Waals surface area (Å²) >= 11 is 0. The molecule has 0 spiro atoms. The lowest BCUT2D eigenvalue weighted by Crippen LogP contribution is -2.41. The number of aromatic amines is 1. The van der Waals surface area contributed by atoms with Crippen LogP contribution in [-0.2, 0) is 4.79 Å². The van der Waals surface area contributed by atoms with Crippen LogP contribution >= 0.6 is 0 Å². The number of carbonyl (C=O) groups excluding carboxylic acids is 2. The quantitative estimate of drug-likeness (QED) is 0.598. The van der Waals surface area contributed by atoms with Gasteiger partial charge >= 0.3 is 0 Å². The van der Waals surface area contributed by atoms with Crippen LogP contribution < -0.4 is 14.8 Å². The van der Waals surface area contributed by atoms with E-state index in [2.05, 4.69) is 20.5 Å². The van der Waals surface area contributed by atoms with E-state index in [-0.39, 0.29) is 17.7 Å². The molecule has 2 amide bonds. The molecule has 0 bridgehead atoms. The molecule has 0 atom stereocenters. The molecule has 1 aromatic carbocycles. The van der Waals surface area contributed by atoms with Crippen molar-refractivity contribution in [1.82, 2.24) is 20.1 Å². The van der Waals surface area contributed by atoms with Gasteiger partial charge in [0, 0.05) is 54.2 Å². The number of nitrogens with one attached hydrogen (secondary N) is 2. The summed E-state index contributed by atoms with van der Waals surface area (Å²) in [6.07, 6.45) is 4.59. The number of carbonyl (C=O) groups is 2. The average Bonchev–Trinajstić information content (AvgIpc) is 3.23. The van der Waals surface area contributed by atoms with E-state index >= 15 is 0 Å². The summed E-state index contributed by atoms with van der Waals surface area (Å²) in [6.45, 7) is 2.91. The normalized spacial score (nSPS) is 14.1. The molecule has 9 nitrogen and oxygen atoms in total. The Morgan fingerprint density at radius 1 is 1.06 bits per heavy atom. The highest BCUT2D eigenvalue weighted by Gasteiger charge is 2.29. The molecule has 1 saturated heterocycles. The molecule has 2 aromatic heterocycles. The summed E-state index contributed by atoms with van der Waals surface area (Å²) in [6, 6.07) is 8.90. The minimum Gasteiger partial charge on any atom is -0.497 e. The topological polar surface area (TPSA) is 109 Å². The van der Waals surface area contributed by atoms with Crippen LogP contribution in [0.5, 0.6) is 11.5 Å². The fourth-order valence-corrected chi connectivity index (χ4v) is 4.00. The summed E-state index contributed by atoms with van der Waals surface area (Å²) < 4.78 is 10.5. The van der Waals surface area contributed by atoms with Gasteiger partial charge in [-0.25, -0.2) is 0 Å². The molecular weight excluding hydrogens is 422 g/mol. The summed E-state index contributed by atoms with van der Waals surface area (Å²) in [4.78, 5) is 31.6. The zero-order valence-electron chi connectivity index (χ0n) is 18.9. The Hall–Kier alpha value is -3.88. The maximum atomic E-state index is 13.0. The first-order valence-corrected chi connectivity index (χ1v) is 10.8. The van der Waals surface area contributed by atoms with Crippen LogP contribution in [0.3, 0.4) is 0 Å². The zero-order chi connectivity index (χ0) is 23.4. The van der Waals surface area contributed by atoms with Gasteiger partial charge in [-0.15, -0.1) is 0 Å². The Balaban J connectivity index is 1.37. The van der Waals surface area contributed by atoms with Crippen molar-refractivity contribution in [2.75, 3.05) is 32.6 Å². The van der Waals surface area contributed by atoms with Crippen LogP contribution in [0, 0.1) is 12.8 Å². The third-order valence-electron chi connectivity index (χ3n) is 5.97. The number of benzene rings is 1. The van der Waals surface area contributed by atoms with E-state index in [0.29, 0.717) is 48.8 Å². The molecule has 0 radical (unpaired) electrons. The molecule has 3 aromatic rings. The van der Waals surface area contributed by atoms with Gasteiger partial charge in [-0.05, 0) is 44.0 Å². The Labute approximate surface area is 192 Å². The average molecular weight is 450 g/mol. The van der Waals surface area contributed by atoms with Gasteiger partial charge in [0.2, 0.25) is 5.91 Å². The largest absolute Gasteiger partial charge is 0.497 e. The van der Waals surface area contributed by atoms with Gasteiger partial charge in [-0.2, -0.15) is 5.10 Å². The number of aromatic nitrogens is 3. The second kappa shape index (κ2) is 9.72. The van der Waals surface area contributed by atoms with Crippen molar-refractivity contribution in [3.8, 4) is 22.8 Å². The molecule has 1 fully saturated rings. The number of piperidine rings is 1.